The van der Waals surface area contributed by atoms with Gasteiger partial charge in [0.05, 0.1) is 16.6 Å². The lowest BCUT2D eigenvalue weighted by Crippen LogP contribution is -2.18. The maximum absolute atomic E-state index is 12.7. The Morgan fingerprint density at radius 2 is 1.79 bits per heavy atom. The van der Waals surface area contributed by atoms with E-state index in [9.17, 15) is 13.2 Å². The Morgan fingerprint density at radius 3 is 2.46 bits per heavy atom. The van der Waals surface area contributed by atoms with Gasteiger partial charge in [-0.3, -0.25) is 0 Å². The summed E-state index contributed by atoms with van der Waals surface area (Å²) in [4.78, 5) is 7.74. The van der Waals surface area contributed by atoms with Crippen LogP contribution in [0.2, 0.25) is 0 Å². The molecule has 6 heteroatoms. The third kappa shape index (κ3) is 2.33. The Labute approximate surface area is 136 Å². The molecule has 3 nitrogen and oxygen atoms in total. The normalized spacial score (nSPS) is 16.2. The minimum atomic E-state index is -4.33. The summed E-state index contributed by atoms with van der Waals surface area (Å²) >= 11 is 0. The quantitative estimate of drug-likeness (QED) is 0.662. The molecule has 0 atom stereocenters. The van der Waals surface area contributed by atoms with E-state index in [1.54, 1.807) is 0 Å². The molecule has 24 heavy (non-hydrogen) atoms. The second-order valence-electron chi connectivity index (χ2n) is 6.81. The maximum Gasteiger partial charge on any atom is 0.416 e. The molecular formula is C18H16F3N3. The molecular weight excluding hydrogens is 315 g/mol. The number of hydrogen-bond donors (Lipinski definition) is 2. The number of benzene rings is 2. The van der Waals surface area contributed by atoms with Gasteiger partial charge < -0.3 is 10.3 Å². The molecule has 0 spiro atoms. The van der Waals surface area contributed by atoms with Crippen molar-refractivity contribution in [2.45, 2.75) is 25.4 Å². The van der Waals surface area contributed by atoms with Gasteiger partial charge in [0.2, 0.25) is 0 Å². The monoisotopic (exact) mass is 331 g/mol. The van der Waals surface area contributed by atoms with Crippen molar-refractivity contribution in [3.8, 4) is 11.4 Å². The zero-order chi connectivity index (χ0) is 17.1. The van der Waals surface area contributed by atoms with Crippen molar-refractivity contribution in [3.05, 3.63) is 47.5 Å². The van der Waals surface area contributed by atoms with Gasteiger partial charge in [-0.15, -0.1) is 0 Å². The number of rotatable bonds is 1. The minimum Gasteiger partial charge on any atom is -0.384 e. The van der Waals surface area contributed by atoms with Crippen molar-refractivity contribution in [3.63, 3.8) is 0 Å². The molecule has 1 aliphatic heterocycles. The molecule has 3 aromatic rings. The largest absolute Gasteiger partial charge is 0.416 e. The zero-order valence-electron chi connectivity index (χ0n) is 13.3. The molecule has 0 aliphatic carbocycles. The smallest absolute Gasteiger partial charge is 0.384 e. The van der Waals surface area contributed by atoms with Gasteiger partial charge in [-0.1, -0.05) is 26.0 Å². The number of hydrogen-bond acceptors (Lipinski definition) is 2. The summed E-state index contributed by atoms with van der Waals surface area (Å²) in [6, 6.07) is 9.10. The van der Waals surface area contributed by atoms with Crippen LogP contribution in [0.15, 0.2) is 36.4 Å². The van der Waals surface area contributed by atoms with Crippen molar-refractivity contribution in [1.29, 1.82) is 0 Å². The van der Waals surface area contributed by atoms with Crippen LogP contribution in [0.4, 0.5) is 18.9 Å². The molecule has 0 radical (unpaired) electrons. The summed E-state index contributed by atoms with van der Waals surface area (Å²) in [5.74, 6) is 0.570. The van der Waals surface area contributed by atoms with E-state index in [1.165, 1.54) is 17.7 Å². The van der Waals surface area contributed by atoms with Crippen LogP contribution in [0, 0.1) is 0 Å². The molecule has 2 heterocycles. The number of imidazole rings is 1. The average Bonchev–Trinajstić information content (AvgIpc) is 3.06. The van der Waals surface area contributed by atoms with Crippen LogP contribution in [0.3, 0.4) is 0 Å². The van der Waals surface area contributed by atoms with Crippen molar-refractivity contribution in [1.82, 2.24) is 9.97 Å². The van der Waals surface area contributed by atoms with Gasteiger partial charge in [0.15, 0.2) is 0 Å². The fourth-order valence-electron chi connectivity index (χ4n) is 3.13. The van der Waals surface area contributed by atoms with Crippen LogP contribution in [0.5, 0.6) is 0 Å². The predicted molar refractivity (Wildman–Crippen MR) is 88.0 cm³/mol. The Bertz CT molecular complexity index is 921. The number of nitrogens with zero attached hydrogens (tertiary/aromatic N) is 1. The highest BCUT2D eigenvalue weighted by Crippen LogP contribution is 2.39. The van der Waals surface area contributed by atoms with Crippen molar-refractivity contribution >= 4 is 16.7 Å². The average molecular weight is 331 g/mol. The third-order valence-corrected chi connectivity index (χ3v) is 4.56. The van der Waals surface area contributed by atoms with E-state index in [-0.39, 0.29) is 5.41 Å². The number of aromatic amines is 1. The molecule has 2 N–H and O–H groups in total. The number of halogens is 3. The molecule has 2 aromatic carbocycles. The Hall–Kier alpha value is -2.50. The predicted octanol–water partition coefficient (Wildman–Crippen LogP) is 4.95. The summed E-state index contributed by atoms with van der Waals surface area (Å²) < 4.78 is 38.0. The van der Waals surface area contributed by atoms with E-state index in [2.05, 4.69) is 35.2 Å². The highest BCUT2D eigenvalue weighted by Gasteiger charge is 2.31. The van der Waals surface area contributed by atoms with E-state index in [1.807, 2.05) is 6.07 Å². The molecule has 0 saturated carbocycles. The van der Waals surface area contributed by atoms with Crippen LogP contribution < -0.4 is 5.32 Å². The molecule has 1 aliphatic rings. The molecule has 0 saturated heterocycles. The second-order valence-corrected chi connectivity index (χ2v) is 6.81. The van der Waals surface area contributed by atoms with Crippen LogP contribution >= 0.6 is 0 Å². The fourth-order valence-corrected chi connectivity index (χ4v) is 3.13. The SMILES string of the molecule is CC1(C)CNc2cc3nc(-c4ccc(C(F)(F)F)cc4)[nH]c3cc21. The first-order valence-electron chi connectivity index (χ1n) is 7.70. The number of fused-ring (bicyclic) bond motifs is 2. The highest BCUT2D eigenvalue weighted by molar-refractivity contribution is 5.86. The van der Waals surface area contributed by atoms with Gasteiger partial charge in [-0.25, -0.2) is 4.98 Å². The van der Waals surface area contributed by atoms with Crippen LogP contribution in [-0.4, -0.2) is 16.5 Å². The Balaban J connectivity index is 1.76. The van der Waals surface area contributed by atoms with Crippen LogP contribution in [0.25, 0.3) is 22.4 Å². The van der Waals surface area contributed by atoms with Crippen molar-refractivity contribution in [2.24, 2.45) is 0 Å². The lowest BCUT2D eigenvalue weighted by Gasteiger charge is -2.16. The van der Waals surface area contributed by atoms with E-state index in [0.717, 1.165) is 35.4 Å². The first kappa shape index (κ1) is 15.1. The lowest BCUT2D eigenvalue weighted by molar-refractivity contribution is -0.137. The fraction of sp³-hybridized carbons (Fsp3) is 0.278. The Kier molecular flexibility index (Phi) is 2.98. The summed E-state index contributed by atoms with van der Waals surface area (Å²) in [6.45, 7) is 5.22. The molecule has 124 valence electrons. The number of alkyl halides is 3. The van der Waals surface area contributed by atoms with Gasteiger partial charge in [-0.2, -0.15) is 13.2 Å². The first-order valence-corrected chi connectivity index (χ1v) is 7.70. The second kappa shape index (κ2) is 4.75. The Morgan fingerprint density at radius 1 is 1.08 bits per heavy atom. The summed E-state index contributed by atoms with van der Waals surface area (Å²) in [6.07, 6.45) is -4.33. The third-order valence-electron chi connectivity index (χ3n) is 4.56. The van der Waals surface area contributed by atoms with Crippen molar-refractivity contribution < 1.29 is 13.2 Å². The number of nitrogens with one attached hydrogen (secondary N) is 2. The van der Waals surface area contributed by atoms with Crippen molar-refractivity contribution in [2.75, 3.05) is 11.9 Å². The molecule has 0 bridgehead atoms. The molecule has 0 amide bonds. The minimum absolute atomic E-state index is 0.0448. The van der Waals surface area contributed by atoms with Crippen LogP contribution in [-0.2, 0) is 11.6 Å². The molecule has 1 aromatic heterocycles. The molecule has 0 unspecified atom stereocenters. The van der Waals surface area contributed by atoms with E-state index in [4.69, 9.17) is 0 Å². The number of anilines is 1. The number of H-pyrrole nitrogens is 1. The van der Waals surface area contributed by atoms with Gasteiger partial charge in [0, 0.05) is 23.2 Å². The highest BCUT2D eigenvalue weighted by atomic mass is 19.4. The topological polar surface area (TPSA) is 40.7 Å². The zero-order valence-corrected chi connectivity index (χ0v) is 13.3. The van der Waals surface area contributed by atoms with Gasteiger partial charge in [0.25, 0.3) is 0 Å². The summed E-state index contributed by atoms with van der Waals surface area (Å²) in [5.41, 5.74) is 3.99. The van der Waals surface area contributed by atoms with Gasteiger partial charge in [0.1, 0.15) is 5.82 Å². The number of aromatic nitrogens is 2. The van der Waals surface area contributed by atoms with E-state index in [0.29, 0.717) is 11.4 Å². The lowest BCUT2D eigenvalue weighted by atomic mass is 9.87. The van der Waals surface area contributed by atoms with Crippen LogP contribution in [0.1, 0.15) is 25.0 Å². The maximum atomic E-state index is 12.7. The summed E-state index contributed by atoms with van der Waals surface area (Å²) in [5, 5.41) is 3.38. The van der Waals surface area contributed by atoms with E-state index < -0.39 is 11.7 Å². The first-order chi connectivity index (χ1) is 11.2. The standard InChI is InChI=1S/C18H16F3N3/c1-17(2)9-22-13-8-15-14(7-12(13)17)23-16(24-15)10-3-5-11(6-4-10)18(19,20)21/h3-8,22H,9H2,1-2H3,(H,23,24). The van der Waals surface area contributed by atoms with E-state index >= 15 is 0 Å². The molecule has 4 rings (SSSR count). The van der Waals surface area contributed by atoms with Gasteiger partial charge >= 0.3 is 6.18 Å². The molecule has 0 fully saturated rings. The summed E-state index contributed by atoms with van der Waals surface area (Å²) in [7, 11) is 0. The van der Waals surface area contributed by atoms with Gasteiger partial charge in [-0.05, 0) is 29.8 Å².